The summed E-state index contributed by atoms with van der Waals surface area (Å²) in [4.78, 5) is 101. The molecule has 12 rings (SSSR count). The molecule has 10 unspecified atom stereocenters. The lowest BCUT2D eigenvalue weighted by Gasteiger charge is -2.26. The van der Waals surface area contributed by atoms with Gasteiger partial charge < -0.3 is 76.2 Å². The van der Waals surface area contributed by atoms with Gasteiger partial charge in [-0.2, -0.15) is 20.1 Å². The first kappa shape index (κ1) is 55.9. The lowest BCUT2D eigenvalue weighted by Crippen LogP contribution is -2.53. The van der Waals surface area contributed by atoms with E-state index in [0.29, 0.717) is 17.5 Å². The van der Waals surface area contributed by atoms with Gasteiger partial charge >= 0.3 is 5.69 Å². The number of aryl methyl sites for hydroxylation is 2. The van der Waals surface area contributed by atoms with Gasteiger partial charge in [0.2, 0.25) is 17.8 Å². The third-order valence-electron chi connectivity index (χ3n) is 11.4. The molecule has 22 N–H and O–H groups in total. The van der Waals surface area contributed by atoms with Crippen molar-refractivity contribution in [2.75, 3.05) is 45.4 Å². The van der Waals surface area contributed by atoms with Crippen LogP contribution in [0.1, 0.15) is 12.6 Å². The van der Waals surface area contributed by atoms with Gasteiger partial charge in [-0.15, -0.1) is 0 Å². The van der Waals surface area contributed by atoms with Crippen LogP contribution in [0.2, 0.25) is 0 Å². The summed E-state index contributed by atoms with van der Waals surface area (Å²) in [5, 5.41) is 19.1. The summed E-state index contributed by atoms with van der Waals surface area (Å²) in [5.74, 6) is 1.93. The molecule has 0 aromatic carbocycles. The number of aliphatic imine (C=N–C) groups is 10. The Labute approximate surface area is 438 Å². The second-order valence-corrected chi connectivity index (χ2v) is 17.1. The summed E-state index contributed by atoms with van der Waals surface area (Å²) in [5.41, 5.74) is 49.1. The highest BCUT2D eigenvalue weighted by Gasteiger charge is 2.40. The molecular weight excluding hydrogens is 1010 g/mol. The smallest absolute Gasteiger partial charge is 0.349 e. The maximum atomic E-state index is 11.3. The Balaban J connectivity index is 0.000000146. The first-order chi connectivity index (χ1) is 36.5. The van der Waals surface area contributed by atoms with Crippen molar-refractivity contribution in [3.63, 3.8) is 0 Å². The zero-order valence-electron chi connectivity index (χ0n) is 42.5. The number of likely N-dealkylation sites (N-methyl/N-ethyl adjacent to an activating group) is 3. The minimum absolute atomic E-state index is 0.0347. The van der Waals surface area contributed by atoms with E-state index < -0.39 is 12.1 Å². The highest BCUT2D eigenvalue weighted by atomic mass is 16.2. The van der Waals surface area contributed by atoms with Crippen LogP contribution < -0.4 is 78.6 Å². The number of aromatic nitrogens is 4. The van der Waals surface area contributed by atoms with Crippen LogP contribution >= 0.6 is 0 Å². The van der Waals surface area contributed by atoms with Gasteiger partial charge in [0.25, 0.3) is 11.8 Å². The number of carbonyl (C=O) groups is 3. The molecule has 10 atom stereocenters. The molecule has 37 nitrogen and oxygen atoms in total. The Morgan fingerprint density at radius 2 is 1.23 bits per heavy atom. The first-order valence-corrected chi connectivity index (χ1v) is 23.0. The number of nitrogens with two attached hydrogens (primary N) is 9. The number of hydrogen-bond acceptors (Lipinski definition) is 33. The van der Waals surface area contributed by atoms with E-state index in [1.807, 2.05) is 50.1 Å². The molecule has 2 aromatic rings. The average Bonchev–Trinajstić information content (AvgIpc) is 4.23. The SMILES string of the molecule is CCc1cc(N)nc(N)n1.CN1C=CC2C(=O)NC(N)=NC21.CN1C=NC2C(=O)NC(N)=NC21.CN1C=NC2C(N)=NC=NC21.CN1N=NC2C(=O)NC(N)=NC21.Cn1ccc(N)nc1=O.NC1=NC2NC=NC2C(N)=N1. The fraction of sp³-hybridized carbons (Fsp3) is 0.425. The van der Waals surface area contributed by atoms with Crippen molar-refractivity contribution in [3.05, 3.63) is 46.8 Å². The van der Waals surface area contributed by atoms with E-state index in [9.17, 15) is 19.2 Å². The summed E-state index contributed by atoms with van der Waals surface area (Å²) in [6, 6.07) is 2.09. The van der Waals surface area contributed by atoms with Crippen LogP contribution in [-0.2, 0) is 27.9 Å². The van der Waals surface area contributed by atoms with E-state index in [-0.39, 0.29) is 108 Å². The lowest BCUT2D eigenvalue weighted by molar-refractivity contribution is -0.124. The molecule has 77 heavy (non-hydrogen) atoms. The molecule has 3 amide bonds. The fourth-order valence-electron chi connectivity index (χ4n) is 7.40. The molecule has 0 bridgehead atoms. The molecule has 0 aliphatic carbocycles. The number of hydrogen-bond donors (Lipinski definition) is 13. The van der Waals surface area contributed by atoms with Crippen molar-refractivity contribution < 1.29 is 14.4 Å². The molecule has 12 heterocycles. The molecule has 2 aromatic heterocycles. The van der Waals surface area contributed by atoms with Gasteiger partial charge in [0.05, 0.1) is 24.9 Å². The van der Waals surface area contributed by atoms with Crippen LogP contribution in [0.25, 0.3) is 0 Å². The van der Waals surface area contributed by atoms with Crippen LogP contribution in [0, 0.1) is 5.92 Å². The zero-order chi connectivity index (χ0) is 56.2. The van der Waals surface area contributed by atoms with Crippen LogP contribution in [0.4, 0.5) is 17.6 Å². The number of guanidine groups is 4. The largest absolute Gasteiger partial charge is 0.385 e. The third-order valence-corrected chi connectivity index (χ3v) is 11.4. The van der Waals surface area contributed by atoms with Gasteiger partial charge in [-0.1, -0.05) is 18.2 Å². The summed E-state index contributed by atoms with van der Waals surface area (Å²) in [6.07, 6.45) is 11.6. The van der Waals surface area contributed by atoms with Crippen LogP contribution in [0.15, 0.2) is 95.7 Å². The average molecular weight is 1070 g/mol. The highest BCUT2D eigenvalue weighted by Crippen LogP contribution is 2.23. The second kappa shape index (κ2) is 24.6. The Kier molecular flexibility index (Phi) is 17.8. The summed E-state index contributed by atoms with van der Waals surface area (Å²) in [6.45, 7) is 1.99. The maximum absolute atomic E-state index is 11.3. The Morgan fingerprint density at radius 1 is 0.610 bits per heavy atom. The normalized spacial score (nSPS) is 27.4. The van der Waals surface area contributed by atoms with Gasteiger partial charge in [0, 0.05) is 53.2 Å². The molecular formula is C40H61N33O4. The number of amidine groups is 2. The quantitative estimate of drug-likeness (QED) is 0.126. The standard InChI is InChI=1S/C7H10N4O.C6H9N5O.C6H9N5.C6H10N4.C5H8N6O.C5H8N6.C5H7N3O/c1-11-3-2-4-5(11)9-7(8)10-6(4)12;1-11-2-8-3-4(11)9-6(7)10-5(3)12;1-11-3-10-4-5(7)8-2-9-6(4)11;1-2-4-3-5(7)10-6(8)9-4;1-11-3-2(9-10-11)4(12)8-5(6)7-3;6-3-2-4(9-1-8-2)11-5(7)10-3;1-8-3-2-4(6)7-5(8)9/h2-5H,1H3,(H3,8,9,10,12);2-4H,1H3,(H3,7,9,10,12);2-4,6H,1H3,(H2,7,8,9);3H,2H2,1H3,(H4,7,8,9,10);2-3H,1H3,(H3,6,7,8,12);1-2,4H,(H,8,9)(H4,6,7,10,11);2-3H,1H3,(H2,6,7,9). The summed E-state index contributed by atoms with van der Waals surface area (Å²) in [7, 11) is 8.92. The monoisotopic (exact) mass is 1070 g/mol. The maximum Gasteiger partial charge on any atom is 0.349 e. The van der Waals surface area contributed by atoms with Crippen molar-refractivity contribution in [1.82, 2.24) is 60.5 Å². The van der Waals surface area contributed by atoms with E-state index >= 15 is 0 Å². The van der Waals surface area contributed by atoms with Crippen LogP contribution in [-0.4, -0.2) is 201 Å². The molecule has 0 saturated carbocycles. The predicted octanol–water partition coefficient (Wildman–Crippen LogP) is -8.01. The molecule has 10 aliphatic heterocycles. The molecule has 410 valence electrons. The number of nitrogens with one attached hydrogen (secondary N) is 4. The Morgan fingerprint density at radius 3 is 1.87 bits per heavy atom. The number of carbonyl (C=O) groups excluding carboxylic acids is 3. The summed E-state index contributed by atoms with van der Waals surface area (Å²) < 4.78 is 1.36. The number of rotatable bonds is 1. The van der Waals surface area contributed by atoms with Crippen molar-refractivity contribution in [2.24, 2.45) is 108 Å². The van der Waals surface area contributed by atoms with Gasteiger partial charge in [-0.25, -0.2) is 39.7 Å². The first-order valence-electron chi connectivity index (χ1n) is 23.0. The van der Waals surface area contributed by atoms with Crippen molar-refractivity contribution in [1.29, 1.82) is 0 Å². The van der Waals surface area contributed by atoms with E-state index in [0.717, 1.165) is 12.1 Å². The summed E-state index contributed by atoms with van der Waals surface area (Å²) >= 11 is 0. The topological polar surface area (TPSA) is 555 Å². The van der Waals surface area contributed by atoms with E-state index in [4.69, 9.17) is 51.6 Å². The molecule has 37 heteroatoms. The number of nitrogen functional groups attached to an aromatic ring is 3. The number of anilines is 3. The number of fused-ring (bicyclic) bond motifs is 5. The van der Waals surface area contributed by atoms with Gasteiger partial charge in [-0.05, 0) is 18.7 Å². The zero-order valence-corrected chi connectivity index (χ0v) is 42.5. The van der Waals surface area contributed by atoms with Crippen molar-refractivity contribution in [3.8, 4) is 0 Å². The van der Waals surface area contributed by atoms with Crippen LogP contribution in [0.5, 0.6) is 0 Å². The second-order valence-electron chi connectivity index (χ2n) is 17.1. The molecule has 0 spiro atoms. The molecule has 10 aliphatic rings. The minimum atomic E-state index is -0.540. The van der Waals surface area contributed by atoms with E-state index in [2.05, 4.69) is 96.5 Å². The Hall–Kier alpha value is -10.4. The number of nitrogens with zero attached hydrogens (tertiary/aromatic N) is 20. The predicted molar refractivity (Wildman–Crippen MR) is 288 cm³/mol. The van der Waals surface area contributed by atoms with Crippen LogP contribution in [0.3, 0.4) is 0 Å². The minimum Gasteiger partial charge on any atom is -0.385 e. The molecule has 0 fully saturated rings. The molecule has 0 radical (unpaired) electrons. The van der Waals surface area contributed by atoms with Gasteiger partial charge in [-0.3, -0.25) is 50.3 Å². The van der Waals surface area contributed by atoms with E-state index in [1.54, 1.807) is 56.3 Å². The van der Waals surface area contributed by atoms with Gasteiger partial charge in [0.15, 0.2) is 54.6 Å². The Bertz CT molecular complexity index is 2820. The van der Waals surface area contributed by atoms with Crippen molar-refractivity contribution >= 4 is 96.2 Å². The molecule has 0 saturated heterocycles. The third kappa shape index (κ3) is 14.2. The highest BCUT2D eigenvalue weighted by molar-refractivity contribution is 6.03. The van der Waals surface area contributed by atoms with Crippen molar-refractivity contribution in [2.45, 2.75) is 68.3 Å². The van der Waals surface area contributed by atoms with E-state index in [1.165, 1.54) is 15.9 Å². The number of amides is 3. The lowest BCUT2D eigenvalue weighted by atomic mass is 10.1. The fourth-order valence-corrected chi connectivity index (χ4v) is 7.40. The van der Waals surface area contributed by atoms with Gasteiger partial charge in [0.1, 0.15) is 47.9 Å².